The number of amides is 10. The number of carbonyl (C=O) groups is 10. The molecule has 4 aromatic heterocycles. The number of carbonyl (C=O) groups excluding carboxylic acids is 10. The van der Waals surface area contributed by atoms with Crippen LogP contribution in [-0.2, 0) is 67.6 Å². The van der Waals surface area contributed by atoms with Crippen LogP contribution in [0.15, 0.2) is 51.2 Å². The molecule has 0 saturated heterocycles. The van der Waals surface area contributed by atoms with Crippen molar-refractivity contribution in [3.8, 4) is 0 Å². The van der Waals surface area contributed by atoms with Gasteiger partial charge in [0.25, 0.3) is 5.56 Å². The fourth-order valence-electron chi connectivity index (χ4n) is 14.7. The van der Waals surface area contributed by atoms with Crippen molar-refractivity contribution in [3.63, 3.8) is 0 Å². The van der Waals surface area contributed by atoms with Gasteiger partial charge in [-0.1, -0.05) is 57.8 Å². The first-order valence-electron chi connectivity index (χ1n) is 38.1. The van der Waals surface area contributed by atoms with Gasteiger partial charge >= 0.3 is 11.4 Å². The van der Waals surface area contributed by atoms with E-state index in [0.29, 0.717) is 129 Å². The van der Waals surface area contributed by atoms with E-state index < -0.39 is 142 Å². The van der Waals surface area contributed by atoms with Crippen molar-refractivity contribution in [2.24, 2.45) is 46.4 Å². The first kappa shape index (κ1) is 85.4. The van der Waals surface area contributed by atoms with Crippen molar-refractivity contribution in [1.82, 2.24) is 81.5 Å². The van der Waals surface area contributed by atoms with Gasteiger partial charge < -0.3 is 98.3 Å². The molecule has 37 nitrogen and oxygen atoms in total. The predicted molar refractivity (Wildman–Crippen MR) is 403 cm³/mol. The highest BCUT2D eigenvalue weighted by Gasteiger charge is 2.38. The molecule has 3 aliphatic rings. The molecule has 4 heterocycles. The highest BCUT2D eigenvalue weighted by atomic mass is 16.2. The van der Waals surface area contributed by atoms with Gasteiger partial charge in [-0.15, -0.1) is 0 Å². The molecule has 3 saturated carbocycles. The average molecular weight is 1510 g/mol. The van der Waals surface area contributed by atoms with Crippen LogP contribution >= 0.6 is 0 Å². The number of rotatable bonds is 44. The van der Waals surface area contributed by atoms with Crippen molar-refractivity contribution in [1.29, 1.82) is 0 Å². The summed E-state index contributed by atoms with van der Waals surface area (Å²) < 4.78 is 4.02. The van der Waals surface area contributed by atoms with E-state index >= 15 is 0 Å². The molecule has 0 aliphatic heterocycles. The minimum atomic E-state index is -0.995. The summed E-state index contributed by atoms with van der Waals surface area (Å²) in [5.41, 5.74) is 44.8. The maximum Gasteiger partial charge on any atom is 0.349 e. The summed E-state index contributed by atoms with van der Waals surface area (Å²) in [6.07, 6.45) is 14.5. The lowest BCUT2D eigenvalue weighted by atomic mass is 9.83. The van der Waals surface area contributed by atoms with Crippen molar-refractivity contribution in [3.05, 3.63) is 68.1 Å². The minimum absolute atomic E-state index is 0.00130. The molecule has 0 unspecified atom stereocenters. The maximum atomic E-state index is 14.7. The lowest BCUT2D eigenvalue weighted by Gasteiger charge is -2.33. The molecule has 12 atom stereocenters. The number of nitrogen functional groups attached to an aromatic ring is 3. The monoisotopic (exact) mass is 1510 g/mol. The Balaban J connectivity index is 1.03. The van der Waals surface area contributed by atoms with Crippen LogP contribution in [0.25, 0.3) is 11.0 Å². The second-order valence-corrected chi connectivity index (χ2v) is 29.0. The Kier molecular flexibility index (Phi) is 34.6. The number of nitrogens with zero attached hydrogens (tertiary/aromatic N) is 6. The molecule has 7 rings (SSSR count). The SMILES string of the molecule is NCCCC[C@@H](N)CC(=O)N[C@@H](CC(=O)N[C@@H]1CCCC[C@H]1C(=O)N[C@H](CCCCN)CC(=O)N[C@@H](CC(=O)N[C@@H]1CCCC[C@H]1C(=O)N[C@H](CCCCN)CC(=O)N[C@@H](CC(=O)N[C@@H]1CCCC[C@H]1C(=O)NCCC(N)=O)Cn1ccc(N)nc1=O)Cn1ccc2c(=O)[nH]c(N)nc21)Cn1ccc(N)nc1=O. The Morgan fingerprint density at radius 1 is 0.454 bits per heavy atom. The van der Waals surface area contributed by atoms with Crippen molar-refractivity contribution < 1.29 is 47.9 Å². The quantitative estimate of drug-likeness (QED) is 0.0203. The van der Waals surface area contributed by atoms with Crippen LogP contribution in [0.2, 0.25) is 0 Å². The summed E-state index contributed by atoms with van der Waals surface area (Å²) in [5, 5.41) is 26.9. The van der Waals surface area contributed by atoms with E-state index in [4.69, 9.17) is 45.9 Å². The normalized spacial score (nSPS) is 19.6. The number of unbranched alkanes of at least 4 members (excludes halogenated alkanes) is 3. The smallest absolute Gasteiger partial charge is 0.349 e. The third-order valence-corrected chi connectivity index (χ3v) is 20.1. The Labute approximate surface area is 626 Å². The first-order chi connectivity index (χ1) is 51.8. The zero-order valence-corrected chi connectivity index (χ0v) is 61.8. The zero-order valence-electron chi connectivity index (χ0n) is 61.8. The van der Waals surface area contributed by atoms with Crippen molar-refractivity contribution >= 4 is 87.7 Å². The van der Waals surface area contributed by atoms with Gasteiger partial charge in [0.05, 0.1) is 41.3 Å². The lowest BCUT2D eigenvalue weighted by molar-refractivity contribution is -0.131. The van der Waals surface area contributed by atoms with Gasteiger partial charge in [-0.2, -0.15) is 15.0 Å². The van der Waals surface area contributed by atoms with Crippen molar-refractivity contribution in [2.45, 2.75) is 254 Å². The predicted octanol–water partition coefficient (Wildman–Crippen LogP) is -2.52. The fourth-order valence-corrected chi connectivity index (χ4v) is 14.7. The second-order valence-electron chi connectivity index (χ2n) is 29.0. The van der Waals surface area contributed by atoms with Crippen LogP contribution in [-0.4, -0.2) is 173 Å². The van der Waals surface area contributed by atoms with Crippen LogP contribution in [0, 0.1) is 17.8 Å². The number of nitrogens with two attached hydrogens (primary N) is 8. The van der Waals surface area contributed by atoms with Crippen LogP contribution in [0.4, 0.5) is 17.6 Å². The highest BCUT2D eigenvalue weighted by Crippen LogP contribution is 2.29. The van der Waals surface area contributed by atoms with E-state index in [9.17, 15) is 62.3 Å². The van der Waals surface area contributed by atoms with E-state index in [1.807, 2.05) is 0 Å². The number of anilines is 3. The van der Waals surface area contributed by atoms with Gasteiger partial charge in [-0.05, 0) is 115 Å². The first-order valence-corrected chi connectivity index (χ1v) is 38.1. The Hall–Kier alpha value is -9.88. The molecular weight excluding hydrogens is 1400 g/mol. The molecule has 37 heteroatoms. The molecule has 0 aromatic carbocycles. The minimum Gasteiger partial charge on any atom is -0.383 e. The van der Waals surface area contributed by atoms with E-state index in [2.05, 4.69) is 67.8 Å². The van der Waals surface area contributed by atoms with Gasteiger partial charge in [0.15, 0.2) is 0 Å². The number of hydrogen-bond acceptors (Lipinski definition) is 23. The Bertz CT molecular complexity index is 3860. The highest BCUT2D eigenvalue weighted by molar-refractivity contribution is 5.87. The number of H-pyrrole nitrogens is 1. The van der Waals surface area contributed by atoms with Crippen LogP contribution in [0.5, 0.6) is 0 Å². The molecule has 596 valence electrons. The summed E-state index contributed by atoms with van der Waals surface area (Å²) >= 11 is 0. The van der Waals surface area contributed by atoms with Gasteiger partial charge in [0.2, 0.25) is 65.0 Å². The summed E-state index contributed by atoms with van der Waals surface area (Å²) in [6, 6.07) is -2.40. The molecular formula is C71H114N24O13. The van der Waals surface area contributed by atoms with Gasteiger partial charge in [0, 0.05) is 126 Å². The molecule has 108 heavy (non-hydrogen) atoms. The molecule has 3 fully saturated rings. The number of primary amides is 1. The molecule has 3 aliphatic carbocycles. The summed E-state index contributed by atoms with van der Waals surface area (Å²) in [7, 11) is 0. The summed E-state index contributed by atoms with van der Waals surface area (Å²) in [4.78, 5) is 192. The van der Waals surface area contributed by atoms with Crippen molar-refractivity contribution in [2.75, 3.05) is 43.4 Å². The lowest BCUT2D eigenvalue weighted by Crippen LogP contribution is -2.53. The van der Waals surface area contributed by atoms with E-state index in [0.717, 1.165) is 25.7 Å². The number of hydrogen-bond donors (Lipinski definition) is 18. The maximum absolute atomic E-state index is 14.7. The second kappa shape index (κ2) is 43.8. The summed E-state index contributed by atoms with van der Waals surface area (Å²) in [6.45, 7) is 0.797. The molecule has 10 amide bonds. The third kappa shape index (κ3) is 28.4. The molecule has 0 spiro atoms. The zero-order chi connectivity index (χ0) is 78.2. The van der Waals surface area contributed by atoms with E-state index in [-0.39, 0.29) is 106 Å². The Morgan fingerprint density at radius 2 is 0.833 bits per heavy atom. The van der Waals surface area contributed by atoms with Crippen LogP contribution in [0.1, 0.15) is 180 Å². The number of aromatic nitrogens is 7. The van der Waals surface area contributed by atoms with E-state index in [1.165, 1.54) is 39.7 Å². The van der Waals surface area contributed by atoms with Gasteiger partial charge in [-0.3, -0.25) is 66.9 Å². The summed E-state index contributed by atoms with van der Waals surface area (Å²) in [5.74, 6) is -7.06. The molecule has 26 N–H and O–H groups in total. The number of nitrogens with one attached hydrogen (secondary N) is 10. The van der Waals surface area contributed by atoms with Gasteiger partial charge in [-0.25, -0.2) is 9.59 Å². The standard InChI is InChI=1S/C71H114N24O13/c72-26-10-7-13-42(75)33-58(97)81-46(40-94-31-24-55(76)89-70(94)107)37-63(102)88-54-21-6-3-18-50(54)67(105)84-43(14-8-11-27-73)34-59(98)82-45(39-93-30-23-51-64(93)91-69(79)92-68(51)106)36-61(100)87-53-20-5-2-17-49(53)66(104)85-44(15-9-12-28-74)35-60(99)83-47(41-95-32-25-56(77)90-71(95)108)38-62(101)86-52-19-4-1-16-48(52)65(103)80-29-22-57(78)96/h23-25,30-32,42-50,52-54H,1-22,26-29,33-41,72-75H2,(H2,78,96)(H,80,103)(H,81,97)(H,82,98)(H,83,99)(H,84,105)(H,85,104)(H,86,101)(H,87,100)(H,88,102)(H2,76,89,107)(H2,77,90,108)(H3,79,91,92,106)/t42-,43-,44-,45+,46+,47+,48-,49-,50-,52-,53-,54-/m1/s1. The average Bonchev–Trinajstić information content (AvgIpc) is 1.72. The molecule has 0 radical (unpaired) electrons. The number of fused-ring (bicyclic) bond motifs is 1. The fraction of sp³-hybridized carbons (Fsp3) is 0.662. The topological polar surface area (TPSA) is 608 Å². The van der Waals surface area contributed by atoms with E-state index in [1.54, 1.807) is 10.8 Å². The molecule has 4 aromatic rings. The third-order valence-electron chi connectivity index (χ3n) is 20.1. The largest absolute Gasteiger partial charge is 0.383 e. The Morgan fingerprint density at radius 3 is 1.25 bits per heavy atom. The van der Waals surface area contributed by atoms with Crippen LogP contribution < -0.4 is 111 Å². The van der Waals surface area contributed by atoms with Gasteiger partial charge in [0.1, 0.15) is 17.3 Å². The number of aromatic amines is 1. The molecule has 0 bridgehead atoms. The van der Waals surface area contributed by atoms with Crippen LogP contribution in [0.3, 0.4) is 0 Å².